The zero-order valence-electron chi connectivity index (χ0n) is 19.0. The van der Waals surface area contributed by atoms with Crippen LogP contribution in [0.15, 0.2) is 29.1 Å². The van der Waals surface area contributed by atoms with E-state index in [4.69, 9.17) is 25.8 Å². The molecule has 178 valence electrons. The van der Waals surface area contributed by atoms with E-state index in [0.29, 0.717) is 12.3 Å². The molecule has 1 amide bonds. The second kappa shape index (κ2) is 9.52. The molecule has 3 rings (SSSR count). The van der Waals surface area contributed by atoms with Crippen molar-refractivity contribution < 1.29 is 28.2 Å². The van der Waals surface area contributed by atoms with E-state index >= 15 is 4.39 Å². The summed E-state index contributed by atoms with van der Waals surface area (Å²) in [5.74, 6) is -1.39. The fourth-order valence-corrected chi connectivity index (χ4v) is 3.96. The van der Waals surface area contributed by atoms with Crippen LogP contribution >= 0.6 is 11.6 Å². The molecule has 8 nitrogen and oxygen atoms in total. The van der Waals surface area contributed by atoms with Gasteiger partial charge in [0.05, 0.1) is 23.5 Å². The number of halogens is 2. The number of hydrogen-bond donors (Lipinski definition) is 1. The predicted octanol–water partition coefficient (Wildman–Crippen LogP) is 4.85. The van der Waals surface area contributed by atoms with Crippen LogP contribution in [-0.2, 0) is 19.0 Å². The lowest BCUT2D eigenvalue weighted by Gasteiger charge is -2.21. The molecule has 2 heterocycles. The lowest BCUT2D eigenvalue weighted by atomic mass is 10.0. The molecule has 1 N–H and O–H groups in total. The van der Waals surface area contributed by atoms with Crippen LogP contribution < -0.4 is 10.9 Å². The number of fused-ring (bicyclic) bond motifs is 1. The smallest absolute Gasteiger partial charge is 0.412 e. The minimum Gasteiger partial charge on any atom is -0.467 e. The van der Waals surface area contributed by atoms with Crippen molar-refractivity contribution in [3.05, 3.63) is 51.2 Å². The third kappa shape index (κ3) is 5.20. The van der Waals surface area contributed by atoms with Crippen molar-refractivity contribution in [1.82, 2.24) is 4.57 Å². The fraction of sp³-hybridized carbons (Fsp3) is 0.435. The van der Waals surface area contributed by atoms with Gasteiger partial charge in [0.15, 0.2) is 5.82 Å². The number of rotatable bonds is 5. The monoisotopic (exact) mass is 480 g/mol. The number of pyridine rings is 1. The van der Waals surface area contributed by atoms with E-state index in [1.807, 2.05) is 0 Å². The van der Waals surface area contributed by atoms with E-state index in [0.717, 1.165) is 0 Å². The summed E-state index contributed by atoms with van der Waals surface area (Å²) in [4.78, 5) is 37.6. The van der Waals surface area contributed by atoms with E-state index in [-0.39, 0.29) is 28.3 Å². The molecule has 0 aliphatic carbocycles. The third-order valence-corrected chi connectivity index (χ3v) is 5.33. The van der Waals surface area contributed by atoms with Crippen LogP contribution in [0.25, 0.3) is 11.1 Å². The molecule has 0 saturated heterocycles. The quantitative estimate of drug-likeness (QED) is 0.614. The van der Waals surface area contributed by atoms with Crippen molar-refractivity contribution >= 4 is 29.4 Å². The Labute approximate surface area is 195 Å². The number of esters is 1. The third-order valence-electron chi connectivity index (χ3n) is 5.04. The van der Waals surface area contributed by atoms with E-state index in [2.05, 4.69) is 5.32 Å². The number of nitrogens with zero attached hydrogens (tertiary/aromatic N) is 1. The molecule has 1 unspecified atom stereocenters. The summed E-state index contributed by atoms with van der Waals surface area (Å²) in [7, 11) is 1.24. The zero-order chi connectivity index (χ0) is 24.5. The molecule has 0 fully saturated rings. The first-order chi connectivity index (χ1) is 15.5. The fourth-order valence-electron chi connectivity index (χ4n) is 3.80. The summed E-state index contributed by atoms with van der Waals surface area (Å²) in [6, 6.07) is 4.60. The summed E-state index contributed by atoms with van der Waals surface area (Å²) in [5.41, 5.74) is -0.737. The summed E-state index contributed by atoms with van der Waals surface area (Å²) in [5, 5.41) is 2.33. The van der Waals surface area contributed by atoms with E-state index in [9.17, 15) is 14.4 Å². The van der Waals surface area contributed by atoms with Gasteiger partial charge in [0.2, 0.25) is 0 Å². The first-order valence-corrected chi connectivity index (χ1v) is 10.8. The standard InChI is InChI=1S/C23H26ClFN2O6/c1-6-32-17-11-16(21(29)31-5)27-15(17)9-12(10-18(27)28)19-14(8-7-13(24)20(19)25)26-22(30)33-23(2,3)4/h7-10,16-17H,6,11H2,1-5H3,(H,26,30)/t16-,17?/m0/s1. The first-order valence-electron chi connectivity index (χ1n) is 10.4. The highest BCUT2D eigenvalue weighted by molar-refractivity contribution is 6.31. The maximum atomic E-state index is 15.2. The minimum absolute atomic E-state index is 0.0750. The summed E-state index contributed by atoms with van der Waals surface area (Å²) in [6.07, 6.45) is -1.15. The molecule has 33 heavy (non-hydrogen) atoms. The molecular weight excluding hydrogens is 455 g/mol. The number of nitrogens with one attached hydrogen (secondary N) is 1. The van der Waals surface area contributed by atoms with E-state index < -0.39 is 41.2 Å². The normalized spacial score (nSPS) is 17.4. The molecule has 0 saturated carbocycles. The van der Waals surface area contributed by atoms with Crippen molar-refractivity contribution in [2.45, 2.75) is 51.9 Å². The SMILES string of the molecule is CCOC1C[C@@H](C(=O)OC)n2c1cc(-c1c(NC(=O)OC(C)(C)C)ccc(Cl)c1F)cc2=O. The van der Waals surface area contributed by atoms with Crippen molar-refractivity contribution in [3.63, 3.8) is 0 Å². The Morgan fingerprint density at radius 1 is 1.27 bits per heavy atom. The van der Waals surface area contributed by atoms with Gasteiger partial charge < -0.3 is 14.2 Å². The highest BCUT2D eigenvalue weighted by atomic mass is 35.5. The summed E-state index contributed by atoms with van der Waals surface area (Å²) in [6.45, 7) is 7.22. The number of carbonyl (C=O) groups excluding carboxylic acids is 2. The van der Waals surface area contributed by atoms with Crippen molar-refractivity contribution in [3.8, 4) is 11.1 Å². The Bertz CT molecular complexity index is 1140. The maximum absolute atomic E-state index is 15.2. The van der Waals surface area contributed by atoms with E-state index in [1.165, 1.54) is 29.9 Å². The average molecular weight is 481 g/mol. The van der Waals surface area contributed by atoms with Crippen LogP contribution in [0.2, 0.25) is 5.02 Å². The Kier molecular flexibility index (Phi) is 7.14. The number of aromatic nitrogens is 1. The van der Waals surface area contributed by atoms with Crippen LogP contribution in [0, 0.1) is 5.82 Å². The highest BCUT2D eigenvalue weighted by Gasteiger charge is 2.38. The Balaban J connectivity index is 2.14. The molecule has 0 radical (unpaired) electrons. The van der Waals surface area contributed by atoms with Gasteiger partial charge in [0, 0.05) is 24.7 Å². The number of benzene rings is 1. The van der Waals surface area contributed by atoms with Gasteiger partial charge in [0.1, 0.15) is 17.7 Å². The Morgan fingerprint density at radius 2 is 1.97 bits per heavy atom. The van der Waals surface area contributed by atoms with Crippen molar-refractivity contribution in [1.29, 1.82) is 0 Å². The van der Waals surface area contributed by atoms with Gasteiger partial charge in [-0.1, -0.05) is 11.6 Å². The van der Waals surface area contributed by atoms with Gasteiger partial charge in [-0.2, -0.15) is 0 Å². The lowest BCUT2D eigenvalue weighted by Crippen LogP contribution is -2.28. The van der Waals surface area contributed by atoms with Crippen LogP contribution in [0.1, 0.15) is 52.0 Å². The Morgan fingerprint density at radius 3 is 2.58 bits per heavy atom. The number of hydrogen-bond acceptors (Lipinski definition) is 6. The summed E-state index contributed by atoms with van der Waals surface area (Å²) < 4.78 is 32.3. The van der Waals surface area contributed by atoms with Crippen LogP contribution in [-0.4, -0.2) is 35.9 Å². The second-order valence-corrected chi connectivity index (χ2v) is 8.91. The number of anilines is 1. The molecular formula is C23H26ClFN2O6. The molecule has 2 aromatic rings. The summed E-state index contributed by atoms with van der Waals surface area (Å²) >= 11 is 6.01. The molecule has 10 heteroatoms. The average Bonchev–Trinajstić information content (AvgIpc) is 3.08. The Hall–Kier alpha value is -2.91. The largest absolute Gasteiger partial charge is 0.467 e. The number of methoxy groups -OCH3 is 1. The molecule has 1 aliphatic rings. The van der Waals surface area contributed by atoms with Gasteiger partial charge in [-0.25, -0.2) is 14.0 Å². The van der Waals surface area contributed by atoms with Crippen LogP contribution in [0.5, 0.6) is 0 Å². The van der Waals surface area contributed by atoms with Gasteiger partial charge >= 0.3 is 12.1 Å². The molecule has 2 atom stereocenters. The zero-order valence-corrected chi connectivity index (χ0v) is 19.8. The topological polar surface area (TPSA) is 95.9 Å². The lowest BCUT2D eigenvalue weighted by molar-refractivity contribution is -0.145. The second-order valence-electron chi connectivity index (χ2n) is 8.51. The number of amides is 1. The van der Waals surface area contributed by atoms with Crippen LogP contribution in [0.3, 0.4) is 0 Å². The molecule has 1 aliphatic heterocycles. The molecule has 1 aromatic carbocycles. The molecule has 0 bridgehead atoms. The van der Waals surface area contributed by atoms with Crippen molar-refractivity contribution in [2.75, 3.05) is 19.0 Å². The van der Waals surface area contributed by atoms with Crippen LogP contribution in [0.4, 0.5) is 14.9 Å². The molecule has 0 spiro atoms. The predicted molar refractivity (Wildman–Crippen MR) is 121 cm³/mol. The highest BCUT2D eigenvalue weighted by Crippen LogP contribution is 2.40. The van der Waals surface area contributed by atoms with Gasteiger partial charge in [-0.3, -0.25) is 14.7 Å². The number of carbonyl (C=O) groups is 2. The van der Waals surface area contributed by atoms with Crippen molar-refractivity contribution in [2.24, 2.45) is 0 Å². The van der Waals surface area contributed by atoms with Gasteiger partial charge in [-0.05, 0) is 51.5 Å². The number of ether oxygens (including phenoxy) is 3. The molecule has 1 aromatic heterocycles. The van der Waals surface area contributed by atoms with Gasteiger partial charge in [-0.15, -0.1) is 0 Å². The van der Waals surface area contributed by atoms with Gasteiger partial charge in [0.25, 0.3) is 5.56 Å². The maximum Gasteiger partial charge on any atom is 0.412 e. The minimum atomic E-state index is -0.855. The van der Waals surface area contributed by atoms with E-state index in [1.54, 1.807) is 33.8 Å². The first kappa shape index (κ1) is 24.7.